The van der Waals surface area contributed by atoms with Gasteiger partial charge >= 0.3 is 0 Å². The summed E-state index contributed by atoms with van der Waals surface area (Å²) in [5.74, 6) is 0.421. The topological polar surface area (TPSA) is 68.0 Å². The number of halogens is 2. The molecule has 0 atom stereocenters. The average molecular weight is 472 g/mol. The van der Waals surface area contributed by atoms with Gasteiger partial charge in [0, 0.05) is 19.8 Å². The second kappa shape index (κ2) is 8.00. The van der Waals surface area contributed by atoms with Crippen LogP contribution in [0, 0.1) is 3.57 Å². The van der Waals surface area contributed by atoms with E-state index >= 15 is 0 Å². The molecule has 1 heterocycles. The van der Waals surface area contributed by atoms with Gasteiger partial charge < -0.3 is 9.73 Å². The van der Waals surface area contributed by atoms with E-state index in [1.807, 2.05) is 36.4 Å². The predicted molar refractivity (Wildman–Crippen MR) is 103 cm³/mol. The average Bonchev–Trinajstić information content (AvgIpc) is 3.04. The molecule has 8 heteroatoms. The summed E-state index contributed by atoms with van der Waals surface area (Å²) in [5, 5.41) is 11.7. The van der Waals surface area contributed by atoms with Gasteiger partial charge in [-0.1, -0.05) is 29.4 Å². The summed E-state index contributed by atoms with van der Waals surface area (Å²) in [5.41, 5.74) is 1.50. The molecule has 2 aromatic carbocycles. The molecule has 1 N–H and O–H groups in total. The van der Waals surface area contributed by atoms with Crippen molar-refractivity contribution in [2.45, 2.75) is 5.22 Å². The first kappa shape index (κ1) is 17.2. The summed E-state index contributed by atoms with van der Waals surface area (Å²) < 4.78 is 6.65. The fraction of sp³-hybridized carbons (Fsp3) is 0.0625. The van der Waals surface area contributed by atoms with Gasteiger partial charge in [-0.25, -0.2) is 0 Å². The Labute approximate surface area is 161 Å². The Morgan fingerprint density at radius 3 is 2.75 bits per heavy atom. The predicted octanol–water partition coefficient (Wildman–Crippen LogP) is 4.73. The van der Waals surface area contributed by atoms with Crippen LogP contribution >= 0.6 is 46.0 Å². The Kier molecular flexibility index (Phi) is 5.75. The Morgan fingerprint density at radius 2 is 2.00 bits per heavy atom. The number of benzene rings is 2. The van der Waals surface area contributed by atoms with Crippen molar-refractivity contribution in [2.75, 3.05) is 11.1 Å². The molecule has 0 saturated carbocycles. The maximum Gasteiger partial charge on any atom is 0.277 e. The molecular weight excluding hydrogens is 461 g/mol. The number of anilines is 1. The lowest BCUT2D eigenvalue weighted by atomic mass is 10.2. The number of amides is 1. The molecule has 0 saturated heterocycles. The third-order valence-electron chi connectivity index (χ3n) is 2.93. The van der Waals surface area contributed by atoms with Crippen LogP contribution in [0.4, 0.5) is 5.69 Å². The quantitative estimate of drug-likeness (QED) is 0.431. The zero-order valence-corrected chi connectivity index (χ0v) is 15.9. The zero-order chi connectivity index (χ0) is 16.9. The number of thioether (sulfide) groups is 1. The van der Waals surface area contributed by atoms with Crippen molar-refractivity contribution in [3.05, 3.63) is 57.1 Å². The number of aromatic nitrogens is 2. The SMILES string of the molecule is O=C(CSc1nnc(-c2cccc(Cl)c2)o1)Nc1ccc(I)cc1. The molecular formula is C16H11ClIN3O2S. The van der Waals surface area contributed by atoms with Crippen LogP contribution in [0.3, 0.4) is 0 Å². The standard InChI is InChI=1S/C16H11ClIN3O2S/c17-11-3-1-2-10(8-11)15-20-21-16(23-15)24-9-14(22)19-13-6-4-12(18)5-7-13/h1-8H,9H2,(H,19,22). The third kappa shape index (κ3) is 4.71. The Hall–Kier alpha value is -1.58. The van der Waals surface area contributed by atoms with Crippen molar-refractivity contribution in [3.63, 3.8) is 0 Å². The molecule has 0 bridgehead atoms. The summed E-state index contributed by atoms with van der Waals surface area (Å²) >= 11 is 9.34. The molecule has 3 aromatic rings. The van der Waals surface area contributed by atoms with E-state index < -0.39 is 0 Å². The lowest BCUT2D eigenvalue weighted by molar-refractivity contribution is -0.113. The molecule has 3 rings (SSSR count). The normalized spacial score (nSPS) is 10.6. The van der Waals surface area contributed by atoms with E-state index in [-0.39, 0.29) is 11.7 Å². The van der Waals surface area contributed by atoms with Crippen molar-refractivity contribution in [1.29, 1.82) is 0 Å². The Morgan fingerprint density at radius 1 is 1.21 bits per heavy atom. The largest absolute Gasteiger partial charge is 0.411 e. The third-order valence-corrected chi connectivity index (χ3v) is 4.71. The number of rotatable bonds is 5. The minimum atomic E-state index is -0.135. The van der Waals surface area contributed by atoms with Crippen molar-refractivity contribution < 1.29 is 9.21 Å². The molecule has 0 radical (unpaired) electrons. The van der Waals surface area contributed by atoms with Crippen LogP contribution < -0.4 is 5.32 Å². The number of hydrogen-bond donors (Lipinski definition) is 1. The van der Waals surface area contributed by atoms with Crippen LogP contribution in [0.1, 0.15) is 0 Å². The number of hydrogen-bond acceptors (Lipinski definition) is 5. The molecule has 1 amide bonds. The van der Waals surface area contributed by atoms with Crippen molar-refractivity contribution >= 4 is 57.5 Å². The van der Waals surface area contributed by atoms with Gasteiger partial charge in [0.1, 0.15) is 0 Å². The van der Waals surface area contributed by atoms with E-state index in [0.717, 1.165) is 14.8 Å². The van der Waals surface area contributed by atoms with Gasteiger partial charge in [0.15, 0.2) is 0 Å². The molecule has 1 aromatic heterocycles. The maximum atomic E-state index is 12.0. The summed E-state index contributed by atoms with van der Waals surface area (Å²) in [6, 6.07) is 14.7. The second-order valence-corrected chi connectivity index (χ2v) is 7.34. The van der Waals surface area contributed by atoms with E-state index in [9.17, 15) is 4.79 Å². The Bertz CT molecular complexity index is 855. The molecule has 0 spiro atoms. The number of carbonyl (C=O) groups excluding carboxylic acids is 1. The van der Waals surface area contributed by atoms with E-state index in [0.29, 0.717) is 16.1 Å². The van der Waals surface area contributed by atoms with E-state index in [2.05, 4.69) is 38.1 Å². The molecule has 122 valence electrons. The molecule has 5 nitrogen and oxygen atoms in total. The van der Waals surface area contributed by atoms with Gasteiger partial charge in [0.25, 0.3) is 5.22 Å². The summed E-state index contributed by atoms with van der Waals surface area (Å²) in [6.45, 7) is 0. The van der Waals surface area contributed by atoms with E-state index in [1.165, 1.54) is 11.8 Å². The minimum Gasteiger partial charge on any atom is -0.411 e. The summed E-state index contributed by atoms with van der Waals surface area (Å²) in [4.78, 5) is 12.0. The molecule has 0 aliphatic rings. The smallest absolute Gasteiger partial charge is 0.277 e. The van der Waals surface area contributed by atoms with Crippen LogP contribution in [0.2, 0.25) is 5.02 Å². The van der Waals surface area contributed by atoms with E-state index in [4.69, 9.17) is 16.0 Å². The van der Waals surface area contributed by atoms with Crippen molar-refractivity contribution in [1.82, 2.24) is 10.2 Å². The van der Waals surface area contributed by atoms with Gasteiger partial charge in [-0.15, -0.1) is 10.2 Å². The van der Waals surface area contributed by atoms with Gasteiger partial charge in [-0.3, -0.25) is 4.79 Å². The van der Waals surface area contributed by atoms with Gasteiger partial charge in [-0.2, -0.15) is 0 Å². The summed E-state index contributed by atoms with van der Waals surface area (Å²) in [7, 11) is 0. The first-order valence-electron chi connectivity index (χ1n) is 6.88. The lowest BCUT2D eigenvalue weighted by Crippen LogP contribution is -2.13. The lowest BCUT2D eigenvalue weighted by Gasteiger charge is -2.03. The highest BCUT2D eigenvalue weighted by Gasteiger charge is 2.11. The highest BCUT2D eigenvalue weighted by molar-refractivity contribution is 14.1. The van der Waals surface area contributed by atoms with Crippen LogP contribution in [0.15, 0.2) is 58.2 Å². The highest BCUT2D eigenvalue weighted by Crippen LogP contribution is 2.25. The molecule has 0 unspecified atom stereocenters. The zero-order valence-electron chi connectivity index (χ0n) is 12.2. The summed E-state index contributed by atoms with van der Waals surface area (Å²) in [6.07, 6.45) is 0. The monoisotopic (exact) mass is 471 g/mol. The van der Waals surface area contributed by atoms with Crippen LogP contribution in [-0.4, -0.2) is 21.9 Å². The second-order valence-electron chi connectivity index (χ2n) is 4.73. The number of nitrogens with one attached hydrogen (secondary N) is 1. The Balaban J connectivity index is 1.57. The molecule has 0 fully saturated rings. The van der Waals surface area contributed by atoms with Gasteiger partial charge in [-0.05, 0) is 65.1 Å². The maximum absolute atomic E-state index is 12.0. The van der Waals surface area contributed by atoms with Gasteiger partial charge in [0.05, 0.1) is 5.75 Å². The molecule has 0 aliphatic heterocycles. The van der Waals surface area contributed by atoms with Crippen LogP contribution in [0.5, 0.6) is 0 Å². The number of carbonyl (C=O) groups is 1. The fourth-order valence-electron chi connectivity index (χ4n) is 1.86. The molecule has 0 aliphatic carbocycles. The number of nitrogens with zero attached hydrogens (tertiary/aromatic N) is 2. The van der Waals surface area contributed by atoms with Crippen molar-refractivity contribution in [3.8, 4) is 11.5 Å². The highest BCUT2D eigenvalue weighted by atomic mass is 127. The van der Waals surface area contributed by atoms with E-state index in [1.54, 1.807) is 12.1 Å². The van der Waals surface area contributed by atoms with Crippen LogP contribution in [-0.2, 0) is 4.79 Å². The molecule has 24 heavy (non-hydrogen) atoms. The van der Waals surface area contributed by atoms with Crippen molar-refractivity contribution in [2.24, 2.45) is 0 Å². The van der Waals surface area contributed by atoms with Crippen LogP contribution in [0.25, 0.3) is 11.5 Å². The minimum absolute atomic E-state index is 0.135. The van der Waals surface area contributed by atoms with Gasteiger partial charge in [0.2, 0.25) is 11.8 Å². The first-order valence-corrected chi connectivity index (χ1v) is 9.32. The first-order chi connectivity index (χ1) is 11.6. The fourth-order valence-corrected chi connectivity index (χ4v) is 2.98.